The van der Waals surface area contributed by atoms with Gasteiger partial charge in [-0.15, -0.1) is 10.2 Å². The maximum Gasteiger partial charge on any atom is 0.415 e. The van der Waals surface area contributed by atoms with Crippen LogP contribution in [-0.4, -0.2) is 46.1 Å². The fourth-order valence-electron chi connectivity index (χ4n) is 5.09. The van der Waals surface area contributed by atoms with Crippen molar-refractivity contribution in [2.75, 3.05) is 23.3 Å². The second-order valence-electron chi connectivity index (χ2n) is 9.40. The summed E-state index contributed by atoms with van der Waals surface area (Å²) in [6, 6.07) is 7.64. The van der Waals surface area contributed by atoms with Gasteiger partial charge in [-0.1, -0.05) is 0 Å². The smallest absolute Gasteiger partial charge is 0.415 e. The molecule has 1 amide bonds. The fraction of sp³-hybridized carbons (Fsp3) is 0.583. The Hall–Kier alpha value is -2.90. The minimum Gasteiger partial charge on any atom is -0.473 e. The Bertz CT molecular complexity index is 937. The molecular weight excluding hydrogens is 406 g/mol. The quantitative estimate of drug-likeness (QED) is 0.712. The van der Waals surface area contributed by atoms with Gasteiger partial charge in [0.2, 0.25) is 5.88 Å². The van der Waals surface area contributed by atoms with E-state index in [0.717, 1.165) is 62.3 Å². The largest absolute Gasteiger partial charge is 0.473 e. The van der Waals surface area contributed by atoms with Gasteiger partial charge in [0.1, 0.15) is 17.5 Å². The van der Waals surface area contributed by atoms with Crippen molar-refractivity contribution in [3.63, 3.8) is 0 Å². The zero-order valence-electron chi connectivity index (χ0n) is 18.6. The van der Waals surface area contributed by atoms with E-state index in [0.29, 0.717) is 24.4 Å². The first-order valence-corrected chi connectivity index (χ1v) is 11.8. The first kappa shape index (κ1) is 21.0. The van der Waals surface area contributed by atoms with Crippen LogP contribution in [-0.2, 0) is 4.74 Å². The normalized spacial score (nSPS) is 25.8. The number of anilines is 2. The van der Waals surface area contributed by atoms with Gasteiger partial charge in [-0.05, 0) is 82.4 Å². The predicted molar refractivity (Wildman–Crippen MR) is 121 cm³/mol. The molecule has 2 aromatic heterocycles. The summed E-state index contributed by atoms with van der Waals surface area (Å²) in [5, 5.41) is 11.9. The first-order valence-electron chi connectivity index (χ1n) is 11.8. The fourth-order valence-corrected chi connectivity index (χ4v) is 5.09. The van der Waals surface area contributed by atoms with Crippen LogP contribution >= 0.6 is 0 Å². The first-order chi connectivity index (χ1) is 15.6. The van der Waals surface area contributed by atoms with Gasteiger partial charge < -0.3 is 14.8 Å². The van der Waals surface area contributed by atoms with Gasteiger partial charge >= 0.3 is 6.09 Å². The van der Waals surface area contributed by atoms with Gasteiger partial charge in [0.05, 0.1) is 12.2 Å². The molecule has 1 saturated heterocycles. The van der Waals surface area contributed by atoms with E-state index in [-0.39, 0.29) is 11.7 Å². The summed E-state index contributed by atoms with van der Waals surface area (Å²) in [5.41, 5.74) is 1.39. The molecule has 0 unspecified atom stereocenters. The van der Waals surface area contributed by atoms with Crippen LogP contribution in [0, 0.1) is 12.8 Å². The number of rotatable bonds is 6. The van der Waals surface area contributed by atoms with E-state index in [4.69, 9.17) is 9.47 Å². The van der Waals surface area contributed by atoms with Crippen LogP contribution in [0.3, 0.4) is 0 Å². The Labute approximate surface area is 188 Å². The Morgan fingerprint density at radius 2 is 1.97 bits per heavy atom. The van der Waals surface area contributed by atoms with Crippen molar-refractivity contribution in [3.8, 4) is 5.88 Å². The minimum atomic E-state index is -0.371. The number of aromatic nitrogens is 3. The zero-order chi connectivity index (χ0) is 22.0. The number of carbonyl (C=O) groups is 1. The molecule has 3 aliphatic rings. The van der Waals surface area contributed by atoms with Crippen LogP contribution in [0.1, 0.15) is 57.1 Å². The number of ether oxygens (including phenoxy) is 2. The molecule has 3 heterocycles. The van der Waals surface area contributed by atoms with E-state index < -0.39 is 0 Å². The van der Waals surface area contributed by atoms with E-state index in [1.165, 1.54) is 12.8 Å². The third-order valence-corrected chi connectivity index (χ3v) is 6.98. The Kier molecular flexibility index (Phi) is 5.85. The van der Waals surface area contributed by atoms with Crippen molar-refractivity contribution in [2.24, 2.45) is 5.92 Å². The van der Waals surface area contributed by atoms with Gasteiger partial charge in [0, 0.05) is 24.5 Å². The second-order valence-corrected chi connectivity index (χ2v) is 9.40. The summed E-state index contributed by atoms with van der Waals surface area (Å²) in [6.45, 7) is 3.39. The highest BCUT2D eigenvalue weighted by atomic mass is 16.6. The molecule has 32 heavy (non-hydrogen) atoms. The van der Waals surface area contributed by atoms with Crippen LogP contribution in [0.5, 0.6) is 5.88 Å². The summed E-state index contributed by atoms with van der Waals surface area (Å²) in [7, 11) is 0. The molecule has 1 aliphatic heterocycles. The van der Waals surface area contributed by atoms with Crippen LogP contribution in [0.2, 0.25) is 0 Å². The second kappa shape index (κ2) is 8.92. The van der Waals surface area contributed by atoms with E-state index >= 15 is 0 Å². The number of carbonyl (C=O) groups excluding carboxylic acids is 1. The van der Waals surface area contributed by atoms with Crippen molar-refractivity contribution in [2.45, 2.75) is 70.0 Å². The third kappa shape index (κ3) is 4.64. The SMILES string of the molecule is Cc1cc(N2CC3(CCC(CNc4ccc(OC5CCCC5)nn4)CC3)OC2=O)ccn1. The van der Waals surface area contributed by atoms with Gasteiger partial charge in [0.15, 0.2) is 0 Å². The van der Waals surface area contributed by atoms with Crippen molar-refractivity contribution in [1.29, 1.82) is 0 Å². The van der Waals surface area contributed by atoms with Crippen LogP contribution < -0.4 is 15.0 Å². The molecule has 0 bridgehead atoms. The highest BCUT2D eigenvalue weighted by molar-refractivity contribution is 5.90. The molecule has 5 rings (SSSR count). The van der Waals surface area contributed by atoms with Gasteiger partial charge in [-0.25, -0.2) is 4.79 Å². The molecule has 170 valence electrons. The summed E-state index contributed by atoms with van der Waals surface area (Å²) < 4.78 is 11.8. The molecule has 3 fully saturated rings. The molecule has 2 saturated carbocycles. The average molecular weight is 438 g/mol. The topological polar surface area (TPSA) is 89.5 Å². The third-order valence-electron chi connectivity index (χ3n) is 6.98. The zero-order valence-corrected chi connectivity index (χ0v) is 18.6. The monoisotopic (exact) mass is 437 g/mol. The summed E-state index contributed by atoms with van der Waals surface area (Å²) >= 11 is 0. The number of hydrogen-bond donors (Lipinski definition) is 1. The number of pyridine rings is 1. The lowest BCUT2D eigenvalue weighted by atomic mass is 9.78. The van der Waals surface area contributed by atoms with E-state index in [1.807, 2.05) is 31.2 Å². The molecule has 0 radical (unpaired) electrons. The molecule has 1 N–H and O–H groups in total. The number of hydrogen-bond acceptors (Lipinski definition) is 7. The number of aryl methyl sites for hydroxylation is 1. The maximum absolute atomic E-state index is 12.5. The molecular formula is C24H31N5O3. The van der Waals surface area contributed by atoms with Gasteiger partial charge in [-0.2, -0.15) is 0 Å². The van der Waals surface area contributed by atoms with Crippen LogP contribution in [0.15, 0.2) is 30.5 Å². The molecule has 2 aliphatic carbocycles. The highest BCUT2D eigenvalue weighted by Crippen LogP contribution is 2.40. The van der Waals surface area contributed by atoms with Crippen molar-refractivity contribution < 1.29 is 14.3 Å². The van der Waals surface area contributed by atoms with Gasteiger partial charge in [-0.3, -0.25) is 9.88 Å². The maximum atomic E-state index is 12.5. The van der Waals surface area contributed by atoms with Crippen LogP contribution in [0.4, 0.5) is 16.3 Å². The lowest BCUT2D eigenvalue weighted by molar-refractivity contribution is 0.0148. The molecule has 1 spiro atoms. The lowest BCUT2D eigenvalue weighted by Crippen LogP contribution is -2.39. The minimum absolute atomic E-state index is 0.248. The van der Waals surface area contributed by atoms with Crippen LogP contribution in [0.25, 0.3) is 0 Å². The summed E-state index contributed by atoms with van der Waals surface area (Å²) in [5.74, 6) is 1.90. The average Bonchev–Trinajstić information content (AvgIpc) is 3.42. The number of amides is 1. The molecule has 8 heteroatoms. The molecule has 2 aromatic rings. The molecule has 8 nitrogen and oxygen atoms in total. The number of nitrogens with zero attached hydrogens (tertiary/aromatic N) is 4. The molecule has 0 atom stereocenters. The molecule has 0 aromatic carbocycles. The predicted octanol–water partition coefficient (Wildman–Crippen LogP) is 4.50. The van der Waals surface area contributed by atoms with Crippen molar-refractivity contribution in [1.82, 2.24) is 15.2 Å². The Balaban J connectivity index is 1.10. The standard InChI is InChI=1S/C24H31N5O3/c1-17-14-19(10-13-25-17)29-16-24(32-23(29)30)11-8-18(9-12-24)15-26-21-6-7-22(28-27-21)31-20-4-2-3-5-20/h6-7,10,13-14,18,20H,2-5,8-9,11-12,15-16H2,1H3,(H,26,27). The lowest BCUT2D eigenvalue weighted by Gasteiger charge is -2.35. The number of nitrogens with one attached hydrogen (secondary N) is 1. The van der Waals surface area contributed by atoms with Crippen molar-refractivity contribution >= 4 is 17.6 Å². The van der Waals surface area contributed by atoms with Gasteiger partial charge in [0.25, 0.3) is 0 Å². The van der Waals surface area contributed by atoms with E-state index in [1.54, 1.807) is 11.1 Å². The summed E-state index contributed by atoms with van der Waals surface area (Å²) in [6.07, 6.45) is 10.3. The van der Waals surface area contributed by atoms with Crippen molar-refractivity contribution in [3.05, 3.63) is 36.2 Å². The Morgan fingerprint density at radius 3 is 2.69 bits per heavy atom. The Morgan fingerprint density at radius 1 is 1.16 bits per heavy atom. The summed E-state index contributed by atoms with van der Waals surface area (Å²) in [4.78, 5) is 18.5. The highest BCUT2D eigenvalue weighted by Gasteiger charge is 2.47. The van der Waals surface area contributed by atoms with E-state index in [2.05, 4.69) is 20.5 Å². The van der Waals surface area contributed by atoms with E-state index in [9.17, 15) is 4.79 Å².